The lowest BCUT2D eigenvalue weighted by molar-refractivity contribution is -0.906. The molecule has 20 rings (SSSR count). The van der Waals surface area contributed by atoms with Gasteiger partial charge in [0.15, 0.2) is 33.3 Å². The smallest absolute Gasteiger partial charge is 0.435 e. The molecule has 20 aromatic rings. The van der Waals surface area contributed by atoms with Gasteiger partial charge in [-0.1, -0.05) is 116 Å². The van der Waals surface area contributed by atoms with Crippen molar-refractivity contribution in [3.8, 4) is 85.7 Å². The zero-order valence-electron chi connectivity index (χ0n) is 77.3. The summed E-state index contributed by atoms with van der Waals surface area (Å²) < 4.78 is 85.0. The van der Waals surface area contributed by atoms with Gasteiger partial charge in [0.1, 0.15) is 46.5 Å². The number of fused-ring (bicyclic) bond motifs is 5. The van der Waals surface area contributed by atoms with E-state index in [1.807, 2.05) is 125 Å². The summed E-state index contributed by atoms with van der Waals surface area (Å²) in [5.41, 5.74) is 14.8. The Morgan fingerprint density at radius 3 is 0.972 bits per heavy atom. The lowest BCUT2D eigenvalue weighted by Gasteiger charge is -2.11. The van der Waals surface area contributed by atoms with Crippen LogP contribution in [-0.2, 0) is 39.1 Å². The molecule has 43 heteroatoms. The van der Waals surface area contributed by atoms with Crippen molar-refractivity contribution in [2.45, 2.75) is 72.9 Å². The first-order valence-electron chi connectivity index (χ1n) is 44.2. The van der Waals surface area contributed by atoms with Crippen LogP contribution in [0.1, 0.15) is 61.1 Å². The van der Waals surface area contributed by atoms with E-state index in [0.29, 0.717) is 151 Å². The number of nitrogens with one attached hydrogen (secondary N) is 5. The summed E-state index contributed by atoms with van der Waals surface area (Å²) in [6.07, 6.45) is 17.0. The molecule has 0 aliphatic carbocycles. The molecule has 35 nitrogen and oxygen atoms in total. The maximum atomic E-state index is 14.4. The fraction of sp³-hybridized carbons (Fsp3) is 0.150. The van der Waals surface area contributed by atoms with E-state index >= 15 is 0 Å². The van der Waals surface area contributed by atoms with Gasteiger partial charge in [0.05, 0.1) is 136 Å². The number of anilines is 5. The summed E-state index contributed by atoms with van der Waals surface area (Å²) >= 11 is 20.0. The van der Waals surface area contributed by atoms with Gasteiger partial charge < -0.3 is 50.3 Å². The summed E-state index contributed by atoms with van der Waals surface area (Å²) in [4.78, 5) is 23.2. The average Bonchev–Trinajstić information content (AvgIpc) is 1.70. The van der Waals surface area contributed by atoms with Crippen molar-refractivity contribution in [2.75, 3.05) is 54.5 Å². The molecule has 0 spiro atoms. The maximum Gasteiger partial charge on any atom is 0.435 e. The first kappa shape index (κ1) is 99.9. The highest BCUT2D eigenvalue weighted by Gasteiger charge is 2.26. The summed E-state index contributed by atoms with van der Waals surface area (Å²) in [6, 6.07) is 64.5. The minimum absolute atomic E-state index is 0.0486. The number of aryl methyl sites for hydroxylation is 1. The molecular formula is C100H92Br4ClF3N25O10+5. The van der Waals surface area contributed by atoms with Crippen molar-refractivity contribution < 1.29 is 86.5 Å². The van der Waals surface area contributed by atoms with Gasteiger partial charge in [-0.15, -0.1) is 0 Å². The predicted molar refractivity (Wildman–Crippen MR) is 540 cm³/mol. The molecule has 0 amide bonds. The zero-order chi connectivity index (χ0) is 100. The molecule has 0 bridgehead atoms. The second-order valence-electron chi connectivity index (χ2n) is 31.7. The Balaban J connectivity index is 0.000000128. The molecule has 0 saturated heterocycles. The van der Waals surface area contributed by atoms with Crippen molar-refractivity contribution in [1.29, 1.82) is 0 Å². The van der Waals surface area contributed by atoms with E-state index in [1.165, 1.54) is 45.7 Å². The van der Waals surface area contributed by atoms with E-state index in [4.69, 9.17) is 45.3 Å². The van der Waals surface area contributed by atoms with E-state index in [0.717, 1.165) is 112 Å². The van der Waals surface area contributed by atoms with Crippen molar-refractivity contribution in [1.82, 2.24) is 73.0 Å². The van der Waals surface area contributed by atoms with Crippen molar-refractivity contribution >= 4 is 133 Å². The Morgan fingerprint density at radius 2 is 0.650 bits per heavy atom. The lowest BCUT2D eigenvalue weighted by atomic mass is 10.1. The molecule has 0 fully saturated rings. The first-order valence-corrected chi connectivity index (χ1v) is 47.8. The number of aromatic nitrogens is 20. The molecular weight excluding hydrogens is 2120 g/mol. The molecule has 0 radical (unpaired) electrons. The maximum absolute atomic E-state index is 14.4. The van der Waals surface area contributed by atoms with E-state index in [1.54, 1.807) is 181 Å². The van der Waals surface area contributed by atoms with Crippen LogP contribution in [0.2, 0.25) is 5.02 Å². The van der Waals surface area contributed by atoms with Crippen LogP contribution in [0.5, 0.6) is 29.4 Å². The molecule has 0 saturated carbocycles. The number of rotatable bonds is 28. The minimum Gasteiger partial charge on any atom is -0.445 e. The third-order valence-electron chi connectivity index (χ3n) is 21.7. The molecule has 143 heavy (non-hydrogen) atoms. The Bertz CT molecular complexity index is 7930. The van der Waals surface area contributed by atoms with Crippen molar-refractivity contribution in [2.24, 2.45) is 0 Å². The number of ether oxygens (including phenoxy) is 5. The van der Waals surface area contributed by atoms with Crippen LogP contribution in [0, 0.1) is 17.5 Å². The Kier molecular flexibility index (Phi) is 32.1. The van der Waals surface area contributed by atoms with Crippen LogP contribution in [0.4, 0.5) is 42.3 Å². The molecule has 0 aliphatic heterocycles. The normalized spacial score (nSPS) is 11.0. The van der Waals surface area contributed by atoms with Crippen LogP contribution in [0.15, 0.2) is 298 Å². The molecule has 0 aliphatic rings. The fourth-order valence-corrected chi connectivity index (χ4v) is 16.5. The molecule has 0 unspecified atom stereocenters. The number of methoxy groups -OCH3 is 3. The molecule has 0 atom stereocenters. The largest absolute Gasteiger partial charge is 0.445 e. The van der Waals surface area contributed by atoms with E-state index < -0.39 is 0 Å². The number of hydrogen-bond donors (Lipinski definition) is 10. The summed E-state index contributed by atoms with van der Waals surface area (Å²) in [6.45, 7) is 10.3. The van der Waals surface area contributed by atoms with Gasteiger partial charge in [-0.2, -0.15) is 48.1 Å². The number of halogens is 8. The van der Waals surface area contributed by atoms with Gasteiger partial charge >= 0.3 is 29.4 Å². The zero-order valence-corrected chi connectivity index (χ0v) is 84.4. The Labute approximate surface area is 853 Å². The lowest BCUT2D eigenvalue weighted by Crippen LogP contribution is -2.34. The third-order valence-corrected chi connectivity index (χ3v) is 24.2. The third kappa shape index (κ3) is 23.7. The quantitative estimate of drug-likeness (QED) is 0.0161. The topological polar surface area (TPSA) is 378 Å². The van der Waals surface area contributed by atoms with Gasteiger partial charge in [-0.05, 0) is 158 Å². The molecule has 5 aromatic carbocycles. The van der Waals surface area contributed by atoms with Gasteiger partial charge in [0.25, 0.3) is 0 Å². The Hall–Kier alpha value is -16.1. The fourth-order valence-electron chi connectivity index (χ4n) is 14.8. The van der Waals surface area contributed by atoms with Crippen LogP contribution in [0.3, 0.4) is 0 Å². The van der Waals surface area contributed by atoms with Crippen molar-refractivity contribution in [3.63, 3.8) is 0 Å². The van der Waals surface area contributed by atoms with Crippen LogP contribution < -0.4 is 73.9 Å². The number of pyridine rings is 5. The summed E-state index contributed by atoms with van der Waals surface area (Å²) in [5, 5.41) is 88.6. The summed E-state index contributed by atoms with van der Waals surface area (Å²) in [5.74, 6) is 4.07. The minimum atomic E-state index is -0.350. The highest BCUT2D eigenvalue weighted by Crippen LogP contribution is 2.35. The van der Waals surface area contributed by atoms with Crippen LogP contribution >= 0.6 is 75.3 Å². The molecule has 15 heterocycles. The van der Waals surface area contributed by atoms with Gasteiger partial charge in [0, 0.05) is 148 Å². The second-order valence-corrected chi connectivity index (χ2v) is 35.5. The standard InChI is InChI=1S/C21H20BrFN5O2.C21H21FN5O2.C20H19BrN5O2.C19H16BrClN5O2.C19H16BrFN5O2/c1-13(2)30-20-8-7-14(12-27(20)29)10-24-19-9-18(15-5-3-4-6-17(15)23)26-21-16(22)11-25-28(19)21;1-3-15-12-24-27-19(23-11-14-8-9-20(29-2)26(28)13-14)10-18(25-21(15)27)16-6-4-5-7-17(16)22;1-2-28-19-9-8-14(13-25(19)27)11-22-18-10-17(15-6-4-3-5-7-15)24-20-16(21)12-23-26(18)20;1-28-19-15(21)7-12(11-25(19)27)9-22-17-8-16(13-5-3-2-4-6-13)24-18-14(20)10-23-26(17)18;1-28-18-7-6-12(11-25(18)27)9-22-17-8-16(13-4-2-3-5-15(13)21)24-19-14(20)10-23-26(17)19/h3-9,11-13,24,29H,10H2,1-2H3;4-10,12-13,23,28H,3,11H2,1-2H3;3-10,12-13,22,27H,2,11H2,1H3;2*2-8,10-11,22,27H,9H2,1H3/q5*+1. The monoisotopic (exact) mass is 2210 g/mol. The number of benzene rings is 5. The SMILES string of the molecule is CC(C)Oc1ccc(CNc2cc(-c3ccccc3F)nc3c(Br)cnn23)c[n+]1O.CCOc1ccc(CNc2cc(-c3ccccc3)nc3c(Br)cnn23)c[n+]1O.CCc1cnn2c(NCc3ccc(OC)[n+](O)c3)cc(-c3ccccc3F)nc12.COc1c(Cl)cc(CNc2cc(-c3ccccc3)nc3c(Br)cnn23)c[n+]1O.COc1ccc(CNc2cc(-c3ccccc3F)nc3c(Br)cnn23)c[n+]1O. The molecule has 10 N–H and O–H groups in total. The Morgan fingerprint density at radius 1 is 0.350 bits per heavy atom. The van der Waals surface area contributed by atoms with E-state index in [2.05, 4.69) is 131 Å². The van der Waals surface area contributed by atoms with Crippen molar-refractivity contribution in [3.05, 3.63) is 354 Å². The first-order chi connectivity index (χ1) is 69.3. The van der Waals surface area contributed by atoms with Gasteiger partial charge in [0.2, 0.25) is 31.0 Å². The number of nitrogens with zero attached hydrogens (tertiary/aromatic N) is 20. The highest BCUT2D eigenvalue weighted by molar-refractivity contribution is 9.11. The van der Waals surface area contributed by atoms with E-state index in [-0.39, 0.29) is 29.4 Å². The molecule has 728 valence electrons. The average molecular weight is 2220 g/mol. The van der Waals surface area contributed by atoms with Crippen LogP contribution in [0.25, 0.3) is 84.5 Å². The van der Waals surface area contributed by atoms with Crippen LogP contribution in [-0.4, -0.2) is 133 Å². The second kappa shape index (κ2) is 45.9. The van der Waals surface area contributed by atoms with Gasteiger partial charge in [-0.25, -0.2) is 38.1 Å². The molecule has 15 aromatic heterocycles. The van der Waals surface area contributed by atoms with Gasteiger partial charge in [-0.3, -0.25) is 26.0 Å². The van der Waals surface area contributed by atoms with E-state index in [9.17, 15) is 39.2 Å². The summed E-state index contributed by atoms with van der Waals surface area (Å²) in [7, 11) is 4.41. The predicted octanol–water partition coefficient (Wildman–Crippen LogP) is 18.6. The highest BCUT2D eigenvalue weighted by atomic mass is 79.9. The number of hydrogen-bond acceptors (Lipinski definition) is 25.